The van der Waals surface area contributed by atoms with Crippen LogP contribution in [-0.2, 0) is 12.8 Å². The monoisotopic (exact) mass is 324 g/mol. The van der Waals surface area contributed by atoms with E-state index >= 15 is 0 Å². The zero-order valence-electron chi connectivity index (χ0n) is 12.8. The molecule has 5 heteroatoms. The van der Waals surface area contributed by atoms with Gasteiger partial charge in [-0.3, -0.25) is 9.59 Å². The molecular formula is C18H16N2O2S. The Morgan fingerprint density at radius 3 is 2.57 bits per heavy atom. The first kappa shape index (κ1) is 15.4. The largest absolute Gasteiger partial charge is 0.312 e. The second-order valence-corrected chi connectivity index (χ2v) is 6.69. The summed E-state index contributed by atoms with van der Waals surface area (Å²) in [6.45, 7) is 1.44. The van der Waals surface area contributed by atoms with E-state index < -0.39 is 0 Å². The summed E-state index contributed by atoms with van der Waals surface area (Å²) in [5, 5.41) is 12.9. The van der Waals surface area contributed by atoms with Gasteiger partial charge in [0.05, 0.1) is 11.1 Å². The van der Waals surface area contributed by atoms with Crippen molar-refractivity contribution in [1.29, 1.82) is 5.26 Å². The van der Waals surface area contributed by atoms with Crippen LogP contribution in [0.25, 0.3) is 0 Å². The van der Waals surface area contributed by atoms with Crippen molar-refractivity contribution in [3.05, 3.63) is 51.4 Å². The number of hydrogen-bond donors (Lipinski definition) is 1. The third-order valence-corrected chi connectivity index (χ3v) is 5.27. The molecule has 0 bridgehead atoms. The van der Waals surface area contributed by atoms with Crippen molar-refractivity contribution in [2.24, 2.45) is 0 Å². The van der Waals surface area contributed by atoms with Gasteiger partial charge in [0.25, 0.3) is 5.91 Å². The molecule has 0 saturated carbocycles. The molecule has 1 aliphatic carbocycles. The first-order valence-electron chi connectivity index (χ1n) is 7.57. The fourth-order valence-electron chi connectivity index (χ4n) is 2.93. The molecule has 4 nitrogen and oxygen atoms in total. The first-order chi connectivity index (χ1) is 11.1. The van der Waals surface area contributed by atoms with Crippen LogP contribution in [-0.4, -0.2) is 11.7 Å². The summed E-state index contributed by atoms with van der Waals surface area (Å²) >= 11 is 1.48. The number of nitrogens with zero attached hydrogens (tertiary/aromatic N) is 1. The van der Waals surface area contributed by atoms with Gasteiger partial charge in [-0.25, -0.2) is 0 Å². The van der Waals surface area contributed by atoms with Crippen LogP contribution in [0.5, 0.6) is 0 Å². The fraction of sp³-hybridized carbons (Fsp3) is 0.278. The third kappa shape index (κ3) is 2.90. The number of rotatable bonds is 3. The molecule has 0 aliphatic heterocycles. The average Bonchev–Trinajstić information content (AvgIpc) is 2.91. The lowest BCUT2D eigenvalue weighted by atomic mass is 9.96. The number of carbonyl (C=O) groups is 2. The Balaban J connectivity index is 1.94. The van der Waals surface area contributed by atoms with E-state index in [2.05, 4.69) is 11.4 Å². The number of aryl methyl sites for hydroxylation is 1. The number of nitriles is 1. The Morgan fingerprint density at radius 2 is 1.87 bits per heavy atom. The van der Waals surface area contributed by atoms with Crippen LogP contribution < -0.4 is 5.32 Å². The van der Waals surface area contributed by atoms with E-state index in [0.717, 1.165) is 31.2 Å². The maximum Gasteiger partial charge on any atom is 0.257 e. The molecule has 2 aromatic rings. The van der Waals surface area contributed by atoms with Crippen molar-refractivity contribution in [3.8, 4) is 6.07 Å². The lowest BCUT2D eigenvalue weighted by Gasteiger charge is -2.09. The number of ketones is 1. The van der Waals surface area contributed by atoms with Crippen LogP contribution >= 0.6 is 11.3 Å². The zero-order chi connectivity index (χ0) is 16.4. The second-order valence-electron chi connectivity index (χ2n) is 5.58. The highest BCUT2D eigenvalue weighted by Crippen LogP contribution is 2.37. The van der Waals surface area contributed by atoms with Crippen LogP contribution in [0, 0.1) is 11.3 Å². The molecule has 116 valence electrons. The molecule has 1 aromatic heterocycles. The molecule has 1 aromatic carbocycles. The predicted octanol–water partition coefficient (Wildman–Crippen LogP) is 3.95. The minimum absolute atomic E-state index is 0.151. The average molecular weight is 324 g/mol. The van der Waals surface area contributed by atoms with Crippen molar-refractivity contribution in [2.45, 2.75) is 32.6 Å². The zero-order valence-corrected chi connectivity index (χ0v) is 13.6. The summed E-state index contributed by atoms with van der Waals surface area (Å²) in [6.07, 6.45) is 4.07. The Morgan fingerprint density at radius 1 is 1.17 bits per heavy atom. The summed E-state index contributed by atoms with van der Waals surface area (Å²) in [5.74, 6) is -0.493. The molecular weight excluding hydrogens is 308 g/mol. The van der Waals surface area contributed by atoms with Gasteiger partial charge in [0, 0.05) is 10.4 Å². The van der Waals surface area contributed by atoms with E-state index in [1.165, 1.54) is 23.1 Å². The number of thiophene rings is 1. The Labute approximate surface area is 138 Å². The Bertz CT molecular complexity index is 830. The third-order valence-electron chi connectivity index (χ3n) is 4.06. The van der Waals surface area contributed by atoms with Crippen LogP contribution in [0.15, 0.2) is 24.3 Å². The Hall–Kier alpha value is -2.45. The molecule has 0 radical (unpaired) electrons. The minimum Gasteiger partial charge on any atom is -0.312 e. The van der Waals surface area contributed by atoms with E-state index in [1.807, 2.05) is 0 Å². The minimum atomic E-state index is -0.342. The molecule has 0 fully saturated rings. The van der Waals surface area contributed by atoms with Crippen molar-refractivity contribution in [1.82, 2.24) is 0 Å². The van der Waals surface area contributed by atoms with Gasteiger partial charge in [-0.15, -0.1) is 11.3 Å². The van der Waals surface area contributed by atoms with Gasteiger partial charge in [0.1, 0.15) is 11.1 Å². The summed E-state index contributed by atoms with van der Waals surface area (Å²) in [4.78, 5) is 25.4. The van der Waals surface area contributed by atoms with Crippen LogP contribution in [0.4, 0.5) is 5.00 Å². The number of Topliss-reactive ketones (excluding diaryl/α,β-unsaturated/α-hetero) is 1. The molecule has 1 aliphatic rings. The van der Waals surface area contributed by atoms with Crippen molar-refractivity contribution >= 4 is 28.0 Å². The number of fused-ring (bicyclic) bond motifs is 1. The summed E-state index contributed by atoms with van der Waals surface area (Å²) in [7, 11) is 0. The number of carbonyl (C=O) groups excluding carboxylic acids is 2. The van der Waals surface area contributed by atoms with Crippen molar-refractivity contribution in [2.75, 3.05) is 5.32 Å². The normalized spacial score (nSPS) is 13.0. The van der Waals surface area contributed by atoms with E-state index in [9.17, 15) is 14.9 Å². The highest BCUT2D eigenvalue weighted by Gasteiger charge is 2.23. The number of nitrogens with one attached hydrogen (secondary N) is 1. The highest BCUT2D eigenvalue weighted by atomic mass is 32.1. The topological polar surface area (TPSA) is 70.0 Å². The molecule has 0 atom stereocenters. The van der Waals surface area contributed by atoms with E-state index in [4.69, 9.17) is 0 Å². The number of anilines is 1. The lowest BCUT2D eigenvalue weighted by Crippen LogP contribution is -2.15. The molecule has 0 unspecified atom stereocenters. The number of amides is 1. The SMILES string of the molecule is CC(=O)c1ccccc1C(=O)Nc1sc2c(c1C#N)CCCC2. The van der Waals surface area contributed by atoms with Crippen molar-refractivity contribution in [3.63, 3.8) is 0 Å². The second kappa shape index (κ2) is 6.35. The molecule has 0 spiro atoms. The summed E-state index contributed by atoms with van der Waals surface area (Å²) in [5.41, 5.74) is 2.40. The van der Waals surface area contributed by atoms with E-state index in [-0.39, 0.29) is 11.7 Å². The number of benzene rings is 1. The van der Waals surface area contributed by atoms with Gasteiger partial charge in [0.2, 0.25) is 0 Å². The van der Waals surface area contributed by atoms with Gasteiger partial charge in [-0.05, 0) is 44.2 Å². The molecule has 0 saturated heterocycles. The first-order valence-corrected chi connectivity index (χ1v) is 8.39. The quantitative estimate of drug-likeness (QED) is 0.869. The maximum absolute atomic E-state index is 12.6. The van der Waals surface area contributed by atoms with E-state index in [0.29, 0.717) is 21.7 Å². The van der Waals surface area contributed by atoms with Gasteiger partial charge in [0.15, 0.2) is 5.78 Å². The van der Waals surface area contributed by atoms with Crippen LogP contribution in [0.2, 0.25) is 0 Å². The maximum atomic E-state index is 12.6. The van der Waals surface area contributed by atoms with E-state index in [1.54, 1.807) is 24.3 Å². The van der Waals surface area contributed by atoms with Gasteiger partial charge >= 0.3 is 0 Å². The smallest absolute Gasteiger partial charge is 0.257 e. The standard InChI is InChI=1S/C18H16N2O2S/c1-11(21)12-6-2-3-8-14(12)17(22)20-18-15(10-19)13-7-4-5-9-16(13)23-18/h2-3,6,8H,4-5,7,9H2,1H3,(H,20,22). The van der Waals surface area contributed by atoms with Crippen LogP contribution in [0.3, 0.4) is 0 Å². The van der Waals surface area contributed by atoms with Gasteiger partial charge in [-0.2, -0.15) is 5.26 Å². The highest BCUT2D eigenvalue weighted by molar-refractivity contribution is 7.16. The molecule has 3 rings (SSSR count). The summed E-state index contributed by atoms with van der Waals surface area (Å²) < 4.78 is 0. The summed E-state index contributed by atoms with van der Waals surface area (Å²) in [6, 6.07) is 8.96. The Kier molecular flexibility index (Phi) is 4.26. The fourth-order valence-corrected chi connectivity index (χ4v) is 4.17. The molecule has 1 N–H and O–H groups in total. The van der Waals surface area contributed by atoms with Gasteiger partial charge in [-0.1, -0.05) is 18.2 Å². The lowest BCUT2D eigenvalue weighted by molar-refractivity contribution is 0.0985. The molecule has 1 amide bonds. The van der Waals surface area contributed by atoms with Crippen molar-refractivity contribution < 1.29 is 9.59 Å². The number of hydrogen-bond acceptors (Lipinski definition) is 4. The molecule has 1 heterocycles. The molecule has 23 heavy (non-hydrogen) atoms. The predicted molar refractivity (Wildman–Crippen MR) is 90.1 cm³/mol. The van der Waals surface area contributed by atoms with Crippen LogP contribution in [0.1, 0.15) is 56.5 Å². The van der Waals surface area contributed by atoms with Gasteiger partial charge < -0.3 is 5.32 Å².